The van der Waals surface area contributed by atoms with Crippen molar-refractivity contribution in [2.24, 2.45) is 0 Å². The van der Waals surface area contributed by atoms with Crippen LogP contribution in [0.4, 0.5) is 0 Å². The number of hydrogen-bond acceptors (Lipinski definition) is 2. The average molecular weight is 247 g/mol. The summed E-state index contributed by atoms with van der Waals surface area (Å²) < 4.78 is 5.32. The zero-order valence-corrected chi connectivity index (χ0v) is 11.9. The number of rotatable bonds is 4. The lowest BCUT2D eigenvalue weighted by molar-refractivity contribution is 0.136. The lowest BCUT2D eigenvalue weighted by Gasteiger charge is -2.35. The topological polar surface area (TPSA) is 12.5 Å². The molecule has 1 aromatic carbocycles. The summed E-state index contributed by atoms with van der Waals surface area (Å²) in [7, 11) is 1.74. The number of nitrogens with zero attached hydrogens (tertiary/aromatic N) is 1. The molecule has 1 fully saturated rings. The van der Waals surface area contributed by atoms with Crippen molar-refractivity contribution in [2.75, 3.05) is 13.7 Å². The number of aryl methyl sites for hydroxylation is 1. The van der Waals surface area contributed by atoms with Crippen LogP contribution in [0.3, 0.4) is 0 Å². The predicted molar refractivity (Wildman–Crippen MR) is 76.1 cm³/mol. The minimum Gasteiger partial charge on any atom is -0.496 e. The Morgan fingerprint density at radius 3 is 2.83 bits per heavy atom. The first-order valence-corrected chi connectivity index (χ1v) is 7.12. The second-order valence-corrected chi connectivity index (χ2v) is 5.33. The maximum Gasteiger partial charge on any atom is 0.121 e. The van der Waals surface area contributed by atoms with Gasteiger partial charge in [0, 0.05) is 12.6 Å². The normalized spacial score (nSPS) is 20.9. The predicted octanol–water partition coefficient (Wildman–Crippen LogP) is 3.77. The first kappa shape index (κ1) is 13.4. The molecule has 0 unspecified atom stereocenters. The zero-order valence-electron chi connectivity index (χ0n) is 11.9. The highest BCUT2D eigenvalue weighted by atomic mass is 16.5. The smallest absolute Gasteiger partial charge is 0.121 e. The van der Waals surface area contributed by atoms with Gasteiger partial charge in [-0.05, 0) is 49.9 Å². The highest BCUT2D eigenvalue weighted by Crippen LogP contribution is 2.24. The Balaban J connectivity index is 2.05. The van der Waals surface area contributed by atoms with E-state index in [9.17, 15) is 0 Å². The van der Waals surface area contributed by atoms with Crippen molar-refractivity contribution in [1.82, 2.24) is 4.90 Å². The van der Waals surface area contributed by atoms with Crippen LogP contribution in [0.25, 0.3) is 0 Å². The maximum atomic E-state index is 5.32. The largest absolute Gasteiger partial charge is 0.496 e. The molecule has 1 aromatic rings. The van der Waals surface area contributed by atoms with Gasteiger partial charge >= 0.3 is 0 Å². The van der Waals surface area contributed by atoms with Gasteiger partial charge in [-0.2, -0.15) is 0 Å². The van der Waals surface area contributed by atoms with Crippen molar-refractivity contribution >= 4 is 0 Å². The highest BCUT2D eigenvalue weighted by molar-refractivity contribution is 5.36. The van der Waals surface area contributed by atoms with Crippen LogP contribution in [0.5, 0.6) is 5.75 Å². The first-order chi connectivity index (χ1) is 8.74. The molecule has 0 radical (unpaired) electrons. The number of hydrogen-bond donors (Lipinski definition) is 0. The molecule has 100 valence electrons. The third-order valence-corrected chi connectivity index (χ3v) is 4.07. The Morgan fingerprint density at radius 1 is 1.33 bits per heavy atom. The Morgan fingerprint density at radius 2 is 2.17 bits per heavy atom. The van der Waals surface area contributed by atoms with Gasteiger partial charge in [-0.1, -0.05) is 25.5 Å². The Bertz CT molecular complexity index is 389. The summed E-state index contributed by atoms with van der Waals surface area (Å²) >= 11 is 0. The molecule has 0 amide bonds. The number of ether oxygens (including phenoxy) is 1. The summed E-state index contributed by atoms with van der Waals surface area (Å²) in [5.41, 5.74) is 2.65. The van der Waals surface area contributed by atoms with Gasteiger partial charge in [-0.3, -0.25) is 4.90 Å². The van der Waals surface area contributed by atoms with Gasteiger partial charge in [0.1, 0.15) is 5.75 Å². The number of piperidine rings is 1. The van der Waals surface area contributed by atoms with Gasteiger partial charge in [0.25, 0.3) is 0 Å². The summed E-state index contributed by atoms with van der Waals surface area (Å²) in [5.74, 6) is 0.990. The van der Waals surface area contributed by atoms with Gasteiger partial charge in [0.15, 0.2) is 0 Å². The van der Waals surface area contributed by atoms with Crippen LogP contribution in [-0.4, -0.2) is 24.6 Å². The Kier molecular flexibility index (Phi) is 4.65. The second-order valence-electron chi connectivity index (χ2n) is 5.33. The molecule has 2 nitrogen and oxygen atoms in total. The molecule has 0 saturated carbocycles. The molecular formula is C16H25NO. The monoisotopic (exact) mass is 247 g/mol. The van der Waals surface area contributed by atoms with E-state index in [4.69, 9.17) is 4.74 Å². The summed E-state index contributed by atoms with van der Waals surface area (Å²) in [6, 6.07) is 7.34. The van der Waals surface area contributed by atoms with Crippen LogP contribution in [0.2, 0.25) is 0 Å². The summed E-state index contributed by atoms with van der Waals surface area (Å²) in [6.07, 6.45) is 5.39. The van der Waals surface area contributed by atoms with E-state index in [1.807, 2.05) is 0 Å². The molecule has 1 atom stereocenters. The highest BCUT2D eigenvalue weighted by Gasteiger charge is 2.20. The van der Waals surface area contributed by atoms with Gasteiger partial charge < -0.3 is 4.74 Å². The van der Waals surface area contributed by atoms with E-state index >= 15 is 0 Å². The summed E-state index contributed by atoms with van der Waals surface area (Å²) in [5, 5.41) is 0. The molecule has 1 heterocycles. The molecular weight excluding hydrogens is 222 g/mol. The molecule has 0 N–H and O–H groups in total. The third kappa shape index (κ3) is 3.05. The molecule has 18 heavy (non-hydrogen) atoms. The van der Waals surface area contributed by atoms with Crippen LogP contribution in [0.15, 0.2) is 18.2 Å². The van der Waals surface area contributed by atoms with Gasteiger partial charge in [0.2, 0.25) is 0 Å². The van der Waals surface area contributed by atoms with Crippen LogP contribution in [0, 0.1) is 6.92 Å². The Labute approximate surface area is 111 Å². The average Bonchev–Trinajstić information content (AvgIpc) is 2.39. The second kappa shape index (κ2) is 6.24. The number of likely N-dealkylation sites (tertiary alicyclic amines) is 1. The van der Waals surface area contributed by atoms with Gasteiger partial charge in [-0.25, -0.2) is 0 Å². The van der Waals surface area contributed by atoms with E-state index in [0.29, 0.717) is 0 Å². The number of methoxy groups -OCH3 is 1. The van der Waals surface area contributed by atoms with Crippen molar-refractivity contribution in [3.8, 4) is 5.75 Å². The fraction of sp³-hybridized carbons (Fsp3) is 0.625. The molecule has 1 saturated heterocycles. The van der Waals surface area contributed by atoms with E-state index in [-0.39, 0.29) is 0 Å². The van der Waals surface area contributed by atoms with Crippen LogP contribution < -0.4 is 4.74 Å². The van der Waals surface area contributed by atoms with Crippen LogP contribution in [-0.2, 0) is 6.54 Å². The third-order valence-electron chi connectivity index (χ3n) is 4.07. The van der Waals surface area contributed by atoms with Crippen molar-refractivity contribution in [2.45, 2.75) is 52.1 Å². The van der Waals surface area contributed by atoms with Crippen molar-refractivity contribution < 1.29 is 4.74 Å². The van der Waals surface area contributed by atoms with Gasteiger partial charge in [-0.15, -0.1) is 0 Å². The molecule has 0 aliphatic carbocycles. The van der Waals surface area contributed by atoms with E-state index in [1.54, 1.807) is 7.11 Å². The fourth-order valence-electron chi connectivity index (χ4n) is 3.00. The number of benzene rings is 1. The van der Waals surface area contributed by atoms with Gasteiger partial charge in [0.05, 0.1) is 7.11 Å². The summed E-state index contributed by atoms with van der Waals surface area (Å²) in [4.78, 5) is 2.64. The molecule has 1 aliphatic rings. The van der Waals surface area contributed by atoms with Crippen molar-refractivity contribution in [1.29, 1.82) is 0 Å². The van der Waals surface area contributed by atoms with E-state index < -0.39 is 0 Å². The molecule has 1 aliphatic heterocycles. The van der Waals surface area contributed by atoms with E-state index in [2.05, 4.69) is 36.9 Å². The molecule has 0 bridgehead atoms. The quantitative estimate of drug-likeness (QED) is 0.803. The standard InChI is InChI=1S/C16H25NO/c1-4-15-7-5-6-10-17(15)12-14-8-9-16(18-3)13(2)11-14/h8-9,11,15H,4-7,10,12H2,1-3H3/t15-/m0/s1. The van der Waals surface area contributed by atoms with Crippen LogP contribution >= 0.6 is 0 Å². The lowest BCUT2D eigenvalue weighted by atomic mass is 9.99. The summed E-state index contributed by atoms with van der Waals surface area (Å²) in [6.45, 7) is 6.77. The fourth-order valence-corrected chi connectivity index (χ4v) is 3.00. The zero-order chi connectivity index (χ0) is 13.0. The Hall–Kier alpha value is -1.02. The van der Waals surface area contributed by atoms with E-state index in [0.717, 1.165) is 18.3 Å². The SMILES string of the molecule is CC[C@H]1CCCCN1Cc1ccc(OC)c(C)c1. The minimum absolute atomic E-state index is 0.779. The minimum atomic E-state index is 0.779. The molecule has 2 rings (SSSR count). The molecule has 2 heteroatoms. The molecule has 0 spiro atoms. The first-order valence-electron chi connectivity index (χ1n) is 7.12. The lowest BCUT2D eigenvalue weighted by Crippen LogP contribution is -2.38. The maximum absolute atomic E-state index is 5.32. The van der Waals surface area contributed by atoms with Crippen LogP contribution in [0.1, 0.15) is 43.7 Å². The van der Waals surface area contributed by atoms with Crippen molar-refractivity contribution in [3.63, 3.8) is 0 Å². The van der Waals surface area contributed by atoms with E-state index in [1.165, 1.54) is 43.4 Å². The molecule has 0 aromatic heterocycles. The van der Waals surface area contributed by atoms with Crippen molar-refractivity contribution in [3.05, 3.63) is 29.3 Å².